The van der Waals surface area contributed by atoms with Crippen molar-refractivity contribution in [2.45, 2.75) is 19.6 Å². The van der Waals surface area contributed by atoms with Gasteiger partial charge in [0.2, 0.25) is 0 Å². The SMILES string of the molecule is CCCOC(CN(F)F)N(F)F. The van der Waals surface area contributed by atoms with Gasteiger partial charge in [-0.25, -0.2) is 0 Å². The van der Waals surface area contributed by atoms with Crippen LogP contribution in [-0.2, 0) is 4.74 Å². The lowest BCUT2D eigenvalue weighted by molar-refractivity contribution is -0.293. The molecule has 0 aromatic rings. The van der Waals surface area contributed by atoms with Crippen molar-refractivity contribution in [3.05, 3.63) is 0 Å². The summed E-state index contributed by atoms with van der Waals surface area (Å²) in [6.45, 7) is 0.594. The van der Waals surface area contributed by atoms with Crippen LogP contribution in [0, 0.1) is 0 Å². The minimum absolute atomic E-state index is 0.0306. The molecule has 0 heterocycles. The molecule has 1 atom stereocenters. The molecular weight excluding hydrogens is 180 g/mol. The molecule has 0 N–H and O–H groups in total. The second kappa shape index (κ2) is 6.15. The fourth-order valence-corrected chi connectivity index (χ4v) is 0.543. The van der Waals surface area contributed by atoms with Gasteiger partial charge in [-0.05, 0) is 6.42 Å². The standard InChI is InChI=1S/C5H10F4N2O/c1-2-3-12-5(11(8)9)4-10(6)7/h5H,2-4H2,1H3. The van der Waals surface area contributed by atoms with Gasteiger partial charge in [0.25, 0.3) is 0 Å². The molecule has 0 amide bonds. The lowest BCUT2D eigenvalue weighted by Crippen LogP contribution is -2.33. The first-order valence-corrected chi connectivity index (χ1v) is 3.39. The summed E-state index contributed by atoms with van der Waals surface area (Å²) in [5.41, 5.74) is 0. The molecule has 0 aliphatic carbocycles. The van der Waals surface area contributed by atoms with E-state index in [-0.39, 0.29) is 6.61 Å². The van der Waals surface area contributed by atoms with E-state index in [1.165, 1.54) is 0 Å². The maximum Gasteiger partial charge on any atom is 0.188 e. The van der Waals surface area contributed by atoms with Gasteiger partial charge < -0.3 is 4.74 Å². The Balaban J connectivity index is 3.70. The summed E-state index contributed by atoms with van der Waals surface area (Å²) in [7, 11) is 0. The zero-order chi connectivity index (χ0) is 9.56. The number of rotatable bonds is 6. The molecule has 0 rings (SSSR count). The predicted molar refractivity (Wildman–Crippen MR) is 33.0 cm³/mol. The van der Waals surface area contributed by atoms with Gasteiger partial charge in [-0.15, -0.1) is 8.96 Å². The Kier molecular flexibility index (Phi) is 5.95. The van der Waals surface area contributed by atoms with Crippen molar-refractivity contribution in [2.75, 3.05) is 13.2 Å². The van der Waals surface area contributed by atoms with Crippen LogP contribution in [0.5, 0.6) is 0 Å². The molecule has 74 valence electrons. The van der Waals surface area contributed by atoms with E-state index in [9.17, 15) is 17.9 Å². The van der Waals surface area contributed by atoms with Gasteiger partial charge in [0, 0.05) is 12.0 Å². The minimum atomic E-state index is -1.86. The summed E-state index contributed by atoms with van der Waals surface area (Å²) in [4.78, 5) is 0. The minimum Gasteiger partial charge on any atom is -0.356 e. The van der Waals surface area contributed by atoms with Crippen molar-refractivity contribution in [3.63, 3.8) is 0 Å². The fourth-order valence-electron chi connectivity index (χ4n) is 0.543. The molecule has 0 aromatic heterocycles. The number of halogens is 4. The molecular formula is C5H10F4N2O. The highest BCUT2D eigenvalue weighted by molar-refractivity contribution is 4.47. The van der Waals surface area contributed by atoms with Gasteiger partial charge in [0.1, 0.15) is 6.54 Å². The van der Waals surface area contributed by atoms with Crippen LogP contribution in [0.2, 0.25) is 0 Å². The third kappa shape index (κ3) is 5.28. The van der Waals surface area contributed by atoms with E-state index in [0.717, 1.165) is 0 Å². The largest absolute Gasteiger partial charge is 0.356 e. The van der Waals surface area contributed by atoms with Crippen LogP contribution in [0.4, 0.5) is 17.9 Å². The van der Waals surface area contributed by atoms with Gasteiger partial charge in [-0.3, -0.25) is 0 Å². The number of nitrogens with zero attached hydrogens (tertiary/aromatic N) is 2. The molecule has 0 radical (unpaired) electrons. The van der Waals surface area contributed by atoms with Crippen LogP contribution in [-0.4, -0.2) is 30.1 Å². The number of hydrogen-bond acceptors (Lipinski definition) is 3. The van der Waals surface area contributed by atoms with Crippen LogP contribution in [0.15, 0.2) is 0 Å². The van der Waals surface area contributed by atoms with Crippen LogP contribution in [0.1, 0.15) is 13.3 Å². The molecule has 1 unspecified atom stereocenters. The monoisotopic (exact) mass is 190 g/mol. The van der Waals surface area contributed by atoms with E-state index in [1.807, 2.05) is 0 Å². The van der Waals surface area contributed by atoms with Gasteiger partial charge in [-0.1, -0.05) is 15.9 Å². The Morgan fingerprint density at radius 3 is 2.17 bits per heavy atom. The second-order valence-electron chi connectivity index (χ2n) is 2.07. The molecule has 0 bridgehead atoms. The van der Waals surface area contributed by atoms with Crippen LogP contribution in [0.25, 0.3) is 0 Å². The Morgan fingerprint density at radius 1 is 1.25 bits per heavy atom. The third-order valence-corrected chi connectivity index (χ3v) is 1.03. The van der Waals surface area contributed by atoms with Gasteiger partial charge >= 0.3 is 0 Å². The zero-order valence-corrected chi connectivity index (χ0v) is 6.51. The zero-order valence-electron chi connectivity index (χ0n) is 6.51. The van der Waals surface area contributed by atoms with Gasteiger partial charge in [0.05, 0.1) is 5.34 Å². The van der Waals surface area contributed by atoms with E-state index >= 15 is 0 Å². The molecule has 0 aliphatic heterocycles. The van der Waals surface area contributed by atoms with Gasteiger partial charge in [0.15, 0.2) is 6.23 Å². The van der Waals surface area contributed by atoms with Crippen molar-refractivity contribution in [1.82, 2.24) is 10.7 Å². The quantitative estimate of drug-likeness (QED) is 0.361. The summed E-state index contributed by atoms with van der Waals surface area (Å²) in [5, 5.41) is -2.71. The normalized spacial score (nSPS) is 14.2. The maximum atomic E-state index is 11.7. The van der Waals surface area contributed by atoms with E-state index in [1.54, 1.807) is 6.92 Å². The summed E-state index contributed by atoms with van der Waals surface area (Å²) >= 11 is 0. The lowest BCUT2D eigenvalue weighted by Gasteiger charge is -2.16. The molecule has 7 heteroatoms. The molecule has 12 heavy (non-hydrogen) atoms. The van der Waals surface area contributed by atoms with Crippen molar-refractivity contribution in [2.24, 2.45) is 0 Å². The Morgan fingerprint density at radius 2 is 1.83 bits per heavy atom. The second-order valence-corrected chi connectivity index (χ2v) is 2.07. The van der Waals surface area contributed by atoms with Crippen molar-refractivity contribution in [3.8, 4) is 0 Å². The Bertz CT molecular complexity index is 114. The first-order valence-electron chi connectivity index (χ1n) is 3.39. The number of ether oxygens (including phenoxy) is 1. The number of hydrogen-bond donors (Lipinski definition) is 0. The average molecular weight is 190 g/mol. The van der Waals surface area contributed by atoms with Crippen LogP contribution >= 0.6 is 0 Å². The van der Waals surface area contributed by atoms with Crippen molar-refractivity contribution < 1.29 is 22.7 Å². The first-order chi connectivity index (χ1) is 5.57. The molecule has 0 aliphatic rings. The maximum absolute atomic E-state index is 11.7. The predicted octanol–water partition coefficient (Wildman–Crippen LogP) is 1.88. The van der Waals surface area contributed by atoms with Crippen molar-refractivity contribution in [1.29, 1.82) is 0 Å². The molecule has 0 saturated heterocycles. The topological polar surface area (TPSA) is 15.7 Å². The highest BCUT2D eigenvalue weighted by Crippen LogP contribution is 2.06. The highest BCUT2D eigenvalue weighted by Gasteiger charge is 2.22. The van der Waals surface area contributed by atoms with Gasteiger partial charge in [-0.2, -0.15) is 0 Å². The van der Waals surface area contributed by atoms with E-state index in [4.69, 9.17) is 0 Å². The Labute approximate surface area is 67.2 Å². The smallest absolute Gasteiger partial charge is 0.188 e. The summed E-state index contributed by atoms with van der Waals surface area (Å²) in [6.07, 6.45) is -1.36. The summed E-state index contributed by atoms with van der Waals surface area (Å²) in [6, 6.07) is 0. The summed E-state index contributed by atoms with van der Waals surface area (Å²) < 4.78 is 50.8. The Hall–Kier alpha value is -0.400. The van der Waals surface area contributed by atoms with Crippen LogP contribution < -0.4 is 0 Å². The lowest BCUT2D eigenvalue weighted by atomic mass is 10.5. The van der Waals surface area contributed by atoms with Crippen LogP contribution in [0.3, 0.4) is 0 Å². The molecule has 0 fully saturated rings. The fraction of sp³-hybridized carbons (Fsp3) is 1.00. The van der Waals surface area contributed by atoms with Crippen molar-refractivity contribution >= 4 is 0 Å². The highest BCUT2D eigenvalue weighted by atomic mass is 19.4. The third-order valence-electron chi connectivity index (χ3n) is 1.03. The van der Waals surface area contributed by atoms with E-state index in [0.29, 0.717) is 6.42 Å². The molecule has 0 aromatic carbocycles. The van der Waals surface area contributed by atoms with E-state index in [2.05, 4.69) is 4.74 Å². The molecule has 0 spiro atoms. The van der Waals surface area contributed by atoms with E-state index < -0.39 is 23.5 Å². The average Bonchev–Trinajstić information content (AvgIpc) is 1.96. The first kappa shape index (κ1) is 11.6. The summed E-state index contributed by atoms with van der Waals surface area (Å²) in [5.74, 6) is 0. The molecule has 3 nitrogen and oxygen atoms in total. The molecule has 0 saturated carbocycles.